The molecule has 0 aliphatic rings. The second-order valence-corrected chi connectivity index (χ2v) is 6.08. The molecule has 0 aliphatic heterocycles. The van der Waals surface area contributed by atoms with Gasteiger partial charge < -0.3 is 15.4 Å². The lowest BCUT2D eigenvalue weighted by atomic mass is 9.90. The van der Waals surface area contributed by atoms with Gasteiger partial charge in [-0.3, -0.25) is 4.79 Å². The van der Waals surface area contributed by atoms with E-state index in [0.29, 0.717) is 16.5 Å². The van der Waals surface area contributed by atoms with Crippen molar-refractivity contribution >= 4 is 23.2 Å². The lowest BCUT2D eigenvalue weighted by molar-refractivity contribution is -0.121. The minimum Gasteiger partial charge on any atom is -0.495 e. The predicted molar refractivity (Wildman–Crippen MR) is 88.2 cm³/mol. The highest BCUT2D eigenvalue weighted by Crippen LogP contribution is 2.30. The van der Waals surface area contributed by atoms with Crippen LogP contribution in [0.1, 0.15) is 26.3 Å². The number of nitrogens with one attached hydrogen (secondary N) is 2. The number of rotatable bonds is 6. The Hall–Kier alpha value is -1.93. The fraction of sp³-hybridized carbons (Fsp3) is 0.500. The summed E-state index contributed by atoms with van der Waals surface area (Å²) < 4.78 is 5.24. The van der Waals surface area contributed by atoms with E-state index in [1.807, 2.05) is 26.8 Å². The molecular weight excluding hydrogens is 302 g/mol. The maximum Gasteiger partial charge on any atom is 0.240 e. The van der Waals surface area contributed by atoms with E-state index in [4.69, 9.17) is 16.3 Å². The van der Waals surface area contributed by atoms with Crippen LogP contribution < -0.4 is 15.4 Å². The largest absolute Gasteiger partial charge is 0.495 e. The predicted octanol–water partition coefficient (Wildman–Crippen LogP) is 3.12. The van der Waals surface area contributed by atoms with Crippen LogP contribution in [-0.4, -0.2) is 25.1 Å². The summed E-state index contributed by atoms with van der Waals surface area (Å²) in [7, 11) is 1.54. The molecule has 120 valence electrons. The summed E-state index contributed by atoms with van der Waals surface area (Å²) in [5.74, 6) is 0.316. The molecule has 1 aromatic rings. The van der Waals surface area contributed by atoms with Gasteiger partial charge in [0.1, 0.15) is 11.3 Å². The number of hydrogen-bond acceptors (Lipinski definition) is 4. The van der Waals surface area contributed by atoms with Gasteiger partial charge >= 0.3 is 0 Å². The van der Waals surface area contributed by atoms with Crippen molar-refractivity contribution in [2.45, 2.75) is 33.2 Å². The van der Waals surface area contributed by atoms with E-state index in [9.17, 15) is 10.1 Å². The van der Waals surface area contributed by atoms with E-state index in [2.05, 4.69) is 16.7 Å². The molecule has 0 aromatic heterocycles. The highest BCUT2D eigenvalue weighted by molar-refractivity contribution is 6.31. The minimum absolute atomic E-state index is 0.00811. The Balaban J connectivity index is 2.77. The molecule has 22 heavy (non-hydrogen) atoms. The third kappa shape index (κ3) is 4.28. The number of methoxy groups -OCH3 is 1. The van der Waals surface area contributed by atoms with Crippen molar-refractivity contribution in [3.63, 3.8) is 0 Å². The molecule has 0 saturated carbocycles. The number of hydrogen-bond donors (Lipinski definition) is 2. The van der Waals surface area contributed by atoms with Gasteiger partial charge in [-0.2, -0.15) is 5.26 Å². The molecule has 0 spiro atoms. The lowest BCUT2D eigenvalue weighted by Gasteiger charge is -2.27. The molecule has 1 unspecified atom stereocenters. The molecule has 0 bridgehead atoms. The molecule has 0 saturated heterocycles. The van der Waals surface area contributed by atoms with Crippen molar-refractivity contribution in [3.8, 4) is 11.8 Å². The SMILES string of the molecule is COc1cc(Cl)c(C)cc1NCC(=O)NC(C)(C#N)C(C)C. The number of aryl methyl sites for hydroxylation is 1. The van der Waals surface area contributed by atoms with Crippen molar-refractivity contribution in [1.29, 1.82) is 5.26 Å². The number of amides is 1. The average Bonchev–Trinajstić information content (AvgIpc) is 2.47. The smallest absolute Gasteiger partial charge is 0.240 e. The van der Waals surface area contributed by atoms with Crippen LogP contribution in [0, 0.1) is 24.2 Å². The van der Waals surface area contributed by atoms with E-state index >= 15 is 0 Å². The number of benzene rings is 1. The van der Waals surface area contributed by atoms with Gasteiger partial charge in [0.25, 0.3) is 0 Å². The van der Waals surface area contributed by atoms with Crippen LogP contribution in [0.5, 0.6) is 5.75 Å². The van der Waals surface area contributed by atoms with Crippen molar-refractivity contribution in [2.24, 2.45) is 5.92 Å². The summed E-state index contributed by atoms with van der Waals surface area (Å²) in [6, 6.07) is 5.66. The first-order valence-corrected chi connectivity index (χ1v) is 7.41. The fourth-order valence-corrected chi connectivity index (χ4v) is 1.93. The molecule has 0 fully saturated rings. The van der Waals surface area contributed by atoms with E-state index in [-0.39, 0.29) is 18.4 Å². The Morgan fingerprint density at radius 3 is 2.64 bits per heavy atom. The maximum absolute atomic E-state index is 12.1. The van der Waals surface area contributed by atoms with Crippen LogP contribution in [0.25, 0.3) is 0 Å². The summed E-state index contributed by atoms with van der Waals surface area (Å²) >= 11 is 6.04. The number of carbonyl (C=O) groups is 1. The number of nitrogens with zero attached hydrogens (tertiary/aromatic N) is 1. The molecule has 6 heteroatoms. The van der Waals surface area contributed by atoms with Gasteiger partial charge in [0.15, 0.2) is 0 Å². The molecule has 0 aliphatic carbocycles. The third-order valence-corrected chi connectivity index (χ3v) is 4.11. The zero-order valence-corrected chi connectivity index (χ0v) is 14.3. The monoisotopic (exact) mass is 323 g/mol. The summed E-state index contributed by atoms with van der Waals surface area (Å²) in [5, 5.41) is 15.6. The minimum atomic E-state index is -0.890. The first-order valence-electron chi connectivity index (χ1n) is 7.03. The van der Waals surface area contributed by atoms with E-state index in [1.165, 1.54) is 7.11 Å². The highest BCUT2D eigenvalue weighted by atomic mass is 35.5. The zero-order chi connectivity index (χ0) is 16.9. The van der Waals surface area contributed by atoms with Crippen LogP contribution in [0.3, 0.4) is 0 Å². The first kappa shape index (κ1) is 18.1. The maximum atomic E-state index is 12.1. The fourth-order valence-electron chi connectivity index (χ4n) is 1.78. The summed E-state index contributed by atoms with van der Waals surface area (Å²) in [4.78, 5) is 12.1. The van der Waals surface area contributed by atoms with E-state index in [1.54, 1.807) is 13.0 Å². The summed E-state index contributed by atoms with van der Waals surface area (Å²) in [5.41, 5.74) is 0.677. The molecule has 0 heterocycles. The topological polar surface area (TPSA) is 74.2 Å². The number of anilines is 1. The van der Waals surface area contributed by atoms with Crippen LogP contribution in [0.2, 0.25) is 5.02 Å². The van der Waals surface area contributed by atoms with Crippen molar-refractivity contribution in [1.82, 2.24) is 5.32 Å². The van der Waals surface area contributed by atoms with Gasteiger partial charge in [-0.05, 0) is 31.4 Å². The van der Waals surface area contributed by atoms with Crippen LogP contribution >= 0.6 is 11.6 Å². The third-order valence-electron chi connectivity index (χ3n) is 3.71. The van der Waals surface area contributed by atoms with Crippen LogP contribution in [0.15, 0.2) is 12.1 Å². The molecule has 1 atom stereocenters. The molecule has 5 nitrogen and oxygen atoms in total. The Kier molecular flexibility index (Phi) is 6.07. The van der Waals surface area contributed by atoms with Crippen molar-refractivity contribution < 1.29 is 9.53 Å². The normalized spacial score (nSPS) is 13.2. The number of nitriles is 1. The van der Waals surface area contributed by atoms with Crippen molar-refractivity contribution in [2.75, 3.05) is 19.0 Å². The summed E-state index contributed by atoms with van der Waals surface area (Å²) in [6.07, 6.45) is 0. The van der Waals surface area contributed by atoms with Crippen molar-refractivity contribution in [3.05, 3.63) is 22.7 Å². The molecular formula is C16H22ClN3O2. The Labute approximate surface area is 136 Å². The average molecular weight is 324 g/mol. The van der Waals surface area contributed by atoms with Gasteiger partial charge in [0.05, 0.1) is 25.4 Å². The molecule has 1 aromatic carbocycles. The molecule has 1 amide bonds. The molecule has 0 radical (unpaired) electrons. The second-order valence-electron chi connectivity index (χ2n) is 5.67. The Morgan fingerprint density at radius 1 is 1.50 bits per heavy atom. The van der Waals surface area contributed by atoms with Crippen LogP contribution in [0.4, 0.5) is 5.69 Å². The number of carbonyl (C=O) groups excluding carboxylic acids is 1. The van der Waals surface area contributed by atoms with Gasteiger partial charge in [-0.25, -0.2) is 0 Å². The van der Waals surface area contributed by atoms with Crippen LogP contribution in [-0.2, 0) is 4.79 Å². The van der Waals surface area contributed by atoms with Gasteiger partial charge in [-0.15, -0.1) is 0 Å². The lowest BCUT2D eigenvalue weighted by Crippen LogP contribution is -2.50. The zero-order valence-electron chi connectivity index (χ0n) is 13.6. The molecule has 1 rings (SSSR count). The summed E-state index contributed by atoms with van der Waals surface area (Å²) in [6.45, 7) is 7.41. The quantitative estimate of drug-likeness (QED) is 0.843. The second kappa shape index (κ2) is 7.37. The van der Waals surface area contributed by atoms with Gasteiger partial charge in [0, 0.05) is 11.1 Å². The van der Waals surface area contributed by atoms with E-state index < -0.39 is 5.54 Å². The highest BCUT2D eigenvalue weighted by Gasteiger charge is 2.29. The molecule has 2 N–H and O–H groups in total. The number of ether oxygens (including phenoxy) is 1. The van der Waals surface area contributed by atoms with Gasteiger partial charge in [0.2, 0.25) is 5.91 Å². The standard InChI is InChI=1S/C16H22ClN3O2/c1-10(2)16(4,9-18)20-15(21)8-19-13-6-11(3)12(17)7-14(13)22-5/h6-7,10,19H,8H2,1-5H3,(H,20,21). The van der Waals surface area contributed by atoms with Gasteiger partial charge in [-0.1, -0.05) is 25.4 Å². The Bertz CT molecular complexity index is 596. The Morgan fingerprint density at radius 2 is 2.14 bits per heavy atom. The van der Waals surface area contributed by atoms with E-state index in [0.717, 1.165) is 5.56 Å². The number of halogens is 1. The first-order chi connectivity index (χ1) is 10.2.